The van der Waals surface area contributed by atoms with Crippen LogP contribution in [0.25, 0.3) is 0 Å². The normalized spacial score (nSPS) is 32.5. The molecule has 2 amide bonds. The van der Waals surface area contributed by atoms with Crippen LogP contribution in [0.4, 0.5) is 5.69 Å². The van der Waals surface area contributed by atoms with Gasteiger partial charge in [0.15, 0.2) is 0 Å². The molecule has 2 aliphatic carbocycles. The molecule has 1 aromatic heterocycles. The highest BCUT2D eigenvalue weighted by Crippen LogP contribution is 2.68. The molecular weight excluding hydrogens is 486 g/mol. The van der Waals surface area contributed by atoms with E-state index in [4.69, 9.17) is 5.11 Å². The predicted octanol–water partition coefficient (Wildman–Crippen LogP) is 2.84. The van der Waals surface area contributed by atoms with Crippen molar-refractivity contribution in [3.05, 3.63) is 44.4 Å². The van der Waals surface area contributed by atoms with Gasteiger partial charge in [-0.3, -0.25) is 24.1 Å². The maximum atomic E-state index is 13.4. The van der Waals surface area contributed by atoms with Crippen molar-refractivity contribution < 1.29 is 19.5 Å². The first-order chi connectivity index (χ1) is 16.8. The number of aromatic nitrogens is 1. The number of thioether (sulfide) groups is 1. The Bertz CT molecular complexity index is 1270. The number of carboxylic acid groups (broad SMARTS) is 1. The number of hydrogen-bond donors (Lipinski definition) is 2. The molecule has 0 radical (unpaired) electrons. The van der Waals surface area contributed by atoms with Gasteiger partial charge in [0.05, 0.1) is 16.9 Å². The van der Waals surface area contributed by atoms with Crippen LogP contribution in [-0.2, 0) is 14.4 Å². The van der Waals surface area contributed by atoms with E-state index < -0.39 is 5.97 Å². The van der Waals surface area contributed by atoms with Crippen molar-refractivity contribution in [1.82, 2.24) is 9.88 Å². The lowest BCUT2D eigenvalue weighted by molar-refractivity contribution is -0.142. The van der Waals surface area contributed by atoms with E-state index in [0.29, 0.717) is 0 Å². The summed E-state index contributed by atoms with van der Waals surface area (Å²) in [5.41, 5.74) is 2.24. The van der Waals surface area contributed by atoms with Gasteiger partial charge < -0.3 is 15.0 Å². The molecule has 4 aliphatic rings. The van der Waals surface area contributed by atoms with Crippen molar-refractivity contribution in [2.75, 3.05) is 25.5 Å². The van der Waals surface area contributed by atoms with E-state index in [-0.39, 0.29) is 76.8 Å². The average Bonchev–Trinajstić information content (AvgIpc) is 3.54. The summed E-state index contributed by atoms with van der Waals surface area (Å²) in [5.74, 6) is -1.50. The monoisotopic (exact) mass is 513 g/mol. The van der Waals surface area contributed by atoms with E-state index in [1.54, 1.807) is 11.8 Å². The van der Waals surface area contributed by atoms with Gasteiger partial charge in [0.2, 0.25) is 11.8 Å². The lowest BCUT2D eigenvalue weighted by Gasteiger charge is -2.43. The van der Waals surface area contributed by atoms with Gasteiger partial charge in [-0.1, -0.05) is 23.5 Å². The number of amides is 2. The van der Waals surface area contributed by atoms with Crippen molar-refractivity contribution in [1.29, 1.82) is 0 Å². The molecule has 8 nitrogen and oxygen atoms in total. The van der Waals surface area contributed by atoms with Crippen LogP contribution >= 0.6 is 23.1 Å². The molecule has 184 valence electrons. The number of nitrogens with one attached hydrogen (secondary N) is 1. The summed E-state index contributed by atoms with van der Waals surface area (Å²) in [6.07, 6.45) is 1.07. The molecule has 2 N–H and O–H groups in total. The summed E-state index contributed by atoms with van der Waals surface area (Å²) in [4.78, 5) is 57.4. The Balaban J connectivity index is 1.36. The molecule has 7 atom stereocenters. The summed E-state index contributed by atoms with van der Waals surface area (Å²) >= 11 is 2.94. The Morgan fingerprint density at radius 3 is 2.46 bits per heavy atom. The molecule has 2 aliphatic heterocycles. The largest absolute Gasteiger partial charge is 0.481 e. The smallest absolute Gasteiger partial charge is 0.305 e. The maximum absolute atomic E-state index is 13.4. The van der Waals surface area contributed by atoms with Crippen molar-refractivity contribution in [2.45, 2.75) is 35.5 Å². The highest BCUT2D eigenvalue weighted by Gasteiger charge is 2.69. The van der Waals surface area contributed by atoms with Crippen LogP contribution in [0.3, 0.4) is 0 Å². The summed E-state index contributed by atoms with van der Waals surface area (Å²) < 4.78 is 0. The maximum Gasteiger partial charge on any atom is 0.305 e. The number of benzene rings is 1. The molecule has 1 aromatic carbocycles. The summed E-state index contributed by atoms with van der Waals surface area (Å²) in [6.45, 7) is 0.176. The summed E-state index contributed by atoms with van der Waals surface area (Å²) in [5, 5.41) is 10.0. The molecule has 2 aromatic rings. The molecule has 6 rings (SSSR count). The molecule has 2 bridgehead atoms. The van der Waals surface area contributed by atoms with Crippen molar-refractivity contribution >= 4 is 46.6 Å². The zero-order chi connectivity index (χ0) is 24.6. The van der Waals surface area contributed by atoms with Crippen LogP contribution in [0.2, 0.25) is 0 Å². The van der Waals surface area contributed by atoms with Crippen molar-refractivity contribution in [3.8, 4) is 0 Å². The third-order valence-electron chi connectivity index (χ3n) is 8.36. The third kappa shape index (κ3) is 3.40. The number of carbonyl (C=O) groups is 3. The van der Waals surface area contributed by atoms with E-state index in [1.165, 1.54) is 16.2 Å². The van der Waals surface area contributed by atoms with Crippen LogP contribution in [0.5, 0.6) is 0 Å². The van der Waals surface area contributed by atoms with Crippen LogP contribution in [0.1, 0.15) is 35.6 Å². The van der Waals surface area contributed by atoms with Gasteiger partial charge in [0.25, 0.3) is 0 Å². The fourth-order valence-electron chi connectivity index (χ4n) is 7.04. The highest BCUT2D eigenvalue weighted by atomic mass is 32.2. The standard InChI is InChI=1S/C25H27N3O5S2/c1-27(2)12-7-5-11(6-8-12)16-17-13-10-14(20(17)34-22-21(16)35-25(33)26-22)19-18(13)23(31)28(24(19)32)9-3-4-15(29)30/h5-8,13-14,16-20H,3-4,9-10H2,1-2H3,(H,26,33)(H,29,30)/t13-,14+,16+,17+,18+,19+,20-/m1/s1. The number of carboxylic acids is 1. The molecular formula is C25H27N3O5S2. The zero-order valence-electron chi connectivity index (χ0n) is 19.5. The van der Waals surface area contributed by atoms with Gasteiger partial charge in [-0.2, -0.15) is 0 Å². The van der Waals surface area contributed by atoms with Gasteiger partial charge in [-0.25, -0.2) is 0 Å². The number of thiazole rings is 1. The molecule has 1 saturated heterocycles. The Labute approximate surface area is 210 Å². The van der Waals surface area contributed by atoms with E-state index >= 15 is 0 Å². The minimum atomic E-state index is -0.921. The fourth-order valence-corrected chi connectivity index (χ4v) is 9.93. The molecule has 0 unspecified atom stereocenters. The Kier molecular flexibility index (Phi) is 5.37. The Hall–Kier alpha value is -2.59. The first-order valence-electron chi connectivity index (χ1n) is 12.0. The number of aromatic amines is 1. The molecule has 35 heavy (non-hydrogen) atoms. The number of H-pyrrole nitrogens is 1. The second-order valence-electron chi connectivity index (χ2n) is 10.3. The van der Waals surface area contributed by atoms with Gasteiger partial charge >= 0.3 is 10.8 Å². The van der Waals surface area contributed by atoms with E-state index in [1.807, 2.05) is 19.0 Å². The van der Waals surface area contributed by atoms with E-state index in [2.05, 4.69) is 29.2 Å². The van der Waals surface area contributed by atoms with Gasteiger partial charge in [0, 0.05) is 48.8 Å². The molecule has 10 heteroatoms. The Morgan fingerprint density at radius 1 is 1.11 bits per heavy atom. The molecule has 2 saturated carbocycles. The molecule has 3 heterocycles. The average molecular weight is 514 g/mol. The lowest BCUT2D eigenvalue weighted by atomic mass is 9.68. The molecule has 3 fully saturated rings. The second-order valence-corrected chi connectivity index (χ2v) is 12.5. The van der Waals surface area contributed by atoms with Gasteiger partial charge in [-0.15, -0.1) is 11.8 Å². The number of likely N-dealkylation sites (tertiary alicyclic amines) is 1. The van der Waals surface area contributed by atoms with Crippen LogP contribution in [-0.4, -0.2) is 58.7 Å². The van der Waals surface area contributed by atoms with Crippen LogP contribution in [0, 0.1) is 29.6 Å². The lowest BCUT2D eigenvalue weighted by Crippen LogP contribution is -2.42. The van der Waals surface area contributed by atoms with Gasteiger partial charge in [-0.05, 0) is 48.3 Å². The summed E-state index contributed by atoms with van der Waals surface area (Å²) in [7, 11) is 4.00. The highest BCUT2D eigenvalue weighted by molar-refractivity contribution is 8.00. The zero-order valence-corrected chi connectivity index (χ0v) is 21.1. The van der Waals surface area contributed by atoms with Crippen molar-refractivity contribution in [2.24, 2.45) is 29.6 Å². The predicted molar refractivity (Wildman–Crippen MR) is 133 cm³/mol. The number of hydrogen-bond acceptors (Lipinski definition) is 7. The quantitative estimate of drug-likeness (QED) is 0.572. The van der Waals surface area contributed by atoms with Crippen molar-refractivity contribution in [3.63, 3.8) is 0 Å². The van der Waals surface area contributed by atoms with E-state index in [9.17, 15) is 19.2 Å². The number of anilines is 1. The minimum Gasteiger partial charge on any atom is -0.481 e. The molecule has 0 spiro atoms. The number of nitrogens with zero attached hydrogens (tertiary/aromatic N) is 2. The van der Waals surface area contributed by atoms with Crippen LogP contribution < -0.4 is 9.77 Å². The number of aliphatic carboxylic acids is 1. The summed E-state index contributed by atoms with van der Waals surface area (Å²) in [6, 6.07) is 8.44. The first-order valence-corrected chi connectivity index (χ1v) is 13.7. The second kappa shape index (κ2) is 8.23. The van der Waals surface area contributed by atoms with E-state index in [0.717, 1.165) is 27.6 Å². The van der Waals surface area contributed by atoms with Gasteiger partial charge in [0.1, 0.15) is 0 Å². The Morgan fingerprint density at radius 2 is 1.80 bits per heavy atom. The fraction of sp³-hybridized carbons (Fsp3) is 0.520. The SMILES string of the molecule is CN(C)c1ccc([C@@H]2c3sc(=O)[nH]c3S[C@@H]3[C@H]4C[C@@H]([C@@H]5C(=O)N(CCCC(=O)O)C(=O)[C@@H]45)[C@@H]23)cc1. The number of fused-ring (bicyclic) bond motifs is 9. The number of carbonyl (C=O) groups excluding carboxylic acids is 2. The number of imide groups is 1. The minimum absolute atomic E-state index is 0.0105. The first kappa shape index (κ1) is 22.8. The van der Waals surface area contributed by atoms with Crippen LogP contribution in [0.15, 0.2) is 34.1 Å². The topological polar surface area (TPSA) is 111 Å². The number of rotatable bonds is 6. The third-order valence-corrected chi connectivity index (χ3v) is 10.9.